The van der Waals surface area contributed by atoms with Crippen molar-refractivity contribution in [2.45, 2.75) is 6.54 Å². The lowest BCUT2D eigenvalue weighted by molar-refractivity contribution is 0.0785. The van der Waals surface area contributed by atoms with E-state index in [9.17, 15) is 4.79 Å². The minimum Gasteiger partial charge on any atom is -0.497 e. The van der Waals surface area contributed by atoms with Gasteiger partial charge in [0.15, 0.2) is 0 Å². The lowest BCUT2D eigenvalue weighted by atomic mass is 10.1. The van der Waals surface area contributed by atoms with Gasteiger partial charge in [0.1, 0.15) is 12.1 Å². The normalized spacial score (nSPS) is 10.8. The highest BCUT2D eigenvalue weighted by Gasteiger charge is 2.13. The molecule has 3 aromatic carbocycles. The maximum Gasteiger partial charge on any atom is 0.253 e. The smallest absolute Gasteiger partial charge is 0.253 e. The molecular weight excluding hydrogens is 354 g/mol. The van der Waals surface area contributed by atoms with Crippen LogP contribution in [0.1, 0.15) is 15.9 Å². The highest BCUT2D eigenvalue weighted by Crippen LogP contribution is 2.22. The number of carbonyl (C=O) groups is 1. The van der Waals surface area contributed by atoms with E-state index in [4.69, 9.17) is 4.74 Å². The van der Waals surface area contributed by atoms with E-state index in [0.29, 0.717) is 12.1 Å². The SMILES string of the molecule is COc1ccc2cc(CN(C)C(=O)c3cccc(-n4cnnn4)c3)ccc2c1. The molecule has 1 heterocycles. The standard InChI is InChI=1S/C21H19N5O2/c1-25(13-15-6-7-17-12-20(28-2)9-8-16(17)10-15)21(27)18-4-3-5-19(11-18)26-14-22-23-24-26/h3-12,14H,13H2,1-2H3. The van der Waals surface area contributed by atoms with Crippen LogP contribution < -0.4 is 4.74 Å². The Morgan fingerprint density at radius 3 is 2.68 bits per heavy atom. The molecule has 0 aliphatic carbocycles. The number of tetrazole rings is 1. The third-order valence-electron chi connectivity index (χ3n) is 4.58. The highest BCUT2D eigenvalue weighted by atomic mass is 16.5. The minimum absolute atomic E-state index is 0.0650. The molecule has 4 rings (SSSR count). The molecule has 28 heavy (non-hydrogen) atoms. The summed E-state index contributed by atoms with van der Waals surface area (Å²) in [5.41, 5.74) is 2.38. The van der Waals surface area contributed by atoms with Gasteiger partial charge in [0, 0.05) is 19.2 Å². The summed E-state index contributed by atoms with van der Waals surface area (Å²) in [4.78, 5) is 14.6. The van der Waals surface area contributed by atoms with Crippen LogP contribution in [0.3, 0.4) is 0 Å². The van der Waals surface area contributed by atoms with Crippen molar-refractivity contribution >= 4 is 16.7 Å². The molecule has 0 saturated carbocycles. The van der Waals surface area contributed by atoms with E-state index in [1.54, 1.807) is 31.2 Å². The molecule has 0 aliphatic rings. The number of carbonyl (C=O) groups excluding carboxylic acids is 1. The third kappa shape index (κ3) is 3.55. The highest BCUT2D eigenvalue weighted by molar-refractivity contribution is 5.94. The van der Waals surface area contributed by atoms with Crippen molar-refractivity contribution in [3.63, 3.8) is 0 Å². The Bertz CT molecular complexity index is 1120. The van der Waals surface area contributed by atoms with Crippen molar-refractivity contribution in [2.24, 2.45) is 0 Å². The zero-order valence-electron chi connectivity index (χ0n) is 15.6. The molecule has 0 saturated heterocycles. The van der Waals surface area contributed by atoms with Crippen LogP contribution in [0.25, 0.3) is 16.5 Å². The number of hydrogen-bond donors (Lipinski definition) is 0. The van der Waals surface area contributed by atoms with Crippen molar-refractivity contribution in [3.8, 4) is 11.4 Å². The van der Waals surface area contributed by atoms with Crippen LogP contribution in [0.2, 0.25) is 0 Å². The first-order valence-corrected chi connectivity index (χ1v) is 8.79. The van der Waals surface area contributed by atoms with Crippen LogP contribution in [0.15, 0.2) is 67.0 Å². The maximum absolute atomic E-state index is 12.9. The van der Waals surface area contributed by atoms with E-state index in [1.807, 2.05) is 42.5 Å². The average Bonchev–Trinajstić information content (AvgIpc) is 3.28. The van der Waals surface area contributed by atoms with E-state index < -0.39 is 0 Å². The summed E-state index contributed by atoms with van der Waals surface area (Å²) in [5, 5.41) is 13.3. The molecule has 140 valence electrons. The average molecular weight is 373 g/mol. The molecular formula is C21H19N5O2. The Labute approximate surface area is 162 Å². The molecule has 0 spiro atoms. The number of rotatable bonds is 5. The van der Waals surface area contributed by atoms with Gasteiger partial charge in [-0.25, -0.2) is 4.68 Å². The summed E-state index contributed by atoms with van der Waals surface area (Å²) in [6, 6.07) is 19.4. The zero-order chi connectivity index (χ0) is 19.5. The Morgan fingerprint density at radius 1 is 1.07 bits per heavy atom. The minimum atomic E-state index is -0.0650. The largest absolute Gasteiger partial charge is 0.497 e. The van der Waals surface area contributed by atoms with Gasteiger partial charge in [0.05, 0.1) is 12.8 Å². The maximum atomic E-state index is 12.9. The fourth-order valence-corrected chi connectivity index (χ4v) is 3.13. The topological polar surface area (TPSA) is 73.1 Å². The summed E-state index contributed by atoms with van der Waals surface area (Å²) >= 11 is 0. The first kappa shape index (κ1) is 17.7. The van der Waals surface area contributed by atoms with Gasteiger partial charge >= 0.3 is 0 Å². The van der Waals surface area contributed by atoms with Crippen LogP contribution in [-0.2, 0) is 6.54 Å². The summed E-state index contributed by atoms with van der Waals surface area (Å²) < 4.78 is 6.79. The van der Waals surface area contributed by atoms with Gasteiger partial charge in [-0.05, 0) is 63.2 Å². The molecule has 1 aromatic heterocycles. The van der Waals surface area contributed by atoms with E-state index in [1.165, 1.54) is 11.0 Å². The van der Waals surface area contributed by atoms with Crippen LogP contribution in [-0.4, -0.2) is 45.2 Å². The fraction of sp³-hybridized carbons (Fsp3) is 0.143. The van der Waals surface area contributed by atoms with E-state index in [0.717, 1.165) is 27.8 Å². The predicted molar refractivity (Wildman–Crippen MR) is 105 cm³/mol. The van der Waals surface area contributed by atoms with Gasteiger partial charge in [-0.1, -0.05) is 24.3 Å². The van der Waals surface area contributed by atoms with E-state index >= 15 is 0 Å². The van der Waals surface area contributed by atoms with Crippen molar-refractivity contribution in [1.29, 1.82) is 0 Å². The van der Waals surface area contributed by atoms with Gasteiger partial charge in [-0.3, -0.25) is 4.79 Å². The molecule has 0 bridgehead atoms. The number of amides is 1. The van der Waals surface area contributed by atoms with E-state index in [2.05, 4.69) is 21.6 Å². The molecule has 0 aliphatic heterocycles. The molecule has 4 aromatic rings. The second-order valence-corrected chi connectivity index (χ2v) is 6.51. The van der Waals surface area contributed by atoms with Crippen molar-refractivity contribution in [1.82, 2.24) is 25.1 Å². The number of benzene rings is 3. The predicted octanol–water partition coefficient (Wildman–Crippen LogP) is 3.10. The second kappa shape index (κ2) is 7.48. The molecule has 0 fully saturated rings. The number of aromatic nitrogens is 4. The quantitative estimate of drug-likeness (QED) is 0.537. The van der Waals surface area contributed by atoms with Gasteiger partial charge in [0.2, 0.25) is 0 Å². The second-order valence-electron chi connectivity index (χ2n) is 6.51. The summed E-state index contributed by atoms with van der Waals surface area (Å²) in [6.07, 6.45) is 1.50. The number of fused-ring (bicyclic) bond motifs is 1. The third-order valence-corrected chi connectivity index (χ3v) is 4.58. The fourth-order valence-electron chi connectivity index (χ4n) is 3.13. The monoisotopic (exact) mass is 373 g/mol. The van der Waals surface area contributed by atoms with E-state index in [-0.39, 0.29) is 5.91 Å². The number of nitrogens with zero attached hydrogens (tertiary/aromatic N) is 5. The first-order chi connectivity index (χ1) is 13.6. The van der Waals surface area contributed by atoms with Gasteiger partial charge in [-0.2, -0.15) is 0 Å². The molecule has 0 radical (unpaired) electrons. The summed E-state index contributed by atoms with van der Waals surface area (Å²) in [7, 11) is 3.45. The van der Waals surface area contributed by atoms with Gasteiger partial charge < -0.3 is 9.64 Å². The zero-order valence-corrected chi connectivity index (χ0v) is 15.6. The molecule has 7 nitrogen and oxygen atoms in total. The van der Waals surface area contributed by atoms with Crippen molar-refractivity contribution in [2.75, 3.05) is 14.2 Å². The van der Waals surface area contributed by atoms with Crippen molar-refractivity contribution in [3.05, 3.63) is 78.1 Å². The molecule has 0 unspecified atom stereocenters. The summed E-state index contributed by atoms with van der Waals surface area (Å²) in [6.45, 7) is 0.510. The summed E-state index contributed by atoms with van der Waals surface area (Å²) in [5.74, 6) is 0.764. The Kier molecular flexibility index (Phi) is 4.72. The lowest BCUT2D eigenvalue weighted by Gasteiger charge is -2.18. The Morgan fingerprint density at radius 2 is 1.89 bits per heavy atom. The number of methoxy groups -OCH3 is 1. The number of ether oxygens (including phenoxy) is 1. The Balaban J connectivity index is 1.53. The van der Waals surface area contributed by atoms with Crippen molar-refractivity contribution < 1.29 is 9.53 Å². The van der Waals surface area contributed by atoms with Gasteiger partial charge in [0.25, 0.3) is 5.91 Å². The van der Waals surface area contributed by atoms with Gasteiger partial charge in [-0.15, -0.1) is 5.10 Å². The first-order valence-electron chi connectivity index (χ1n) is 8.79. The molecule has 7 heteroatoms. The lowest BCUT2D eigenvalue weighted by Crippen LogP contribution is -2.26. The Hall–Kier alpha value is -3.74. The van der Waals surface area contributed by atoms with Crippen LogP contribution in [0.4, 0.5) is 0 Å². The van der Waals surface area contributed by atoms with Crippen LogP contribution in [0, 0.1) is 0 Å². The molecule has 1 amide bonds. The van der Waals surface area contributed by atoms with Crippen LogP contribution >= 0.6 is 0 Å². The molecule has 0 N–H and O–H groups in total. The number of hydrogen-bond acceptors (Lipinski definition) is 5. The van der Waals surface area contributed by atoms with Crippen LogP contribution in [0.5, 0.6) is 5.75 Å². The molecule has 0 atom stereocenters.